The predicted molar refractivity (Wildman–Crippen MR) is 118 cm³/mol. The number of nitrogens with zero attached hydrogens (tertiary/aromatic N) is 6. The Bertz CT molecular complexity index is 1190. The average molecular weight is 455 g/mol. The largest absolute Gasteiger partial charge is 0.373 e. The van der Waals surface area contributed by atoms with Gasteiger partial charge in [-0.2, -0.15) is 5.10 Å². The molecule has 2 aliphatic carbocycles. The van der Waals surface area contributed by atoms with Gasteiger partial charge in [0.25, 0.3) is 0 Å². The van der Waals surface area contributed by atoms with Crippen molar-refractivity contribution in [2.75, 3.05) is 6.61 Å². The van der Waals surface area contributed by atoms with Crippen LogP contribution in [0.3, 0.4) is 0 Å². The van der Waals surface area contributed by atoms with Gasteiger partial charge < -0.3 is 4.74 Å². The molecule has 0 spiro atoms. The first-order chi connectivity index (χ1) is 16.0. The second-order valence-corrected chi connectivity index (χ2v) is 9.80. The van der Waals surface area contributed by atoms with Gasteiger partial charge in [0.05, 0.1) is 35.4 Å². The van der Waals surface area contributed by atoms with Crippen LogP contribution in [-0.2, 0) is 4.74 Å². The number of alkyl halides is 2. The zero-order valence-electron chi connectivity index (χ0n) is 18.9. The van der Waals surface area contributed by atoms with Crippen molar-refractivity contribution in [3.05, 3.63) is 40.9 Å². The number of halogens is 2. The zero-order valence-corrected chi connectivity index (χ0v) is 18.9. The number of aryl methyl sites for hydroxylation is 2. The number of fused-ring (bicyclic) bond motifs is 1. The summed E-state index contributed by atoms with van der Waals surface area (Å²) in [6, 6.07) is 0.528. The third kappa shape index (κ3) is 3.90. The molecule has 1 aliphatic heterocycles. The van der Waals surface area contributed by atoms with Crippen LogP contribution in [0.2, 0.25) is 0 Å². The Morgan fingerprint density at radius 1 is 0.909 bits per heavy atom. The van der Waals surface area contributed by atoms with E-state index in [2.05, 4.69) is 21.3 Å². The maximum absolute atomic E-state index is 14.1. The summed E-state index contributed by atoms with van der Waals surface area (Å²) < 4.78 is 36.3. The summed E-state index contributed by atoms with van der Waals surface area (Å²) in [5.74, 6) is 0.432. The van der Waals surface area contributed by atoms with Crippen LogP contribution in [0.25, 0.3) is 11.2 Å². The summed E-state index contributed by atoms with van der Waals surface area (Å²) in [7, 11) is 0. The Balaban J connectivity index is 1.35. The Hall–Kier alpha value is -2.55. The molecule has 0 aromatic carbocycles. The molecular weight excluding hydrogens is 426 g/mol. The maximum Gasteiger partial charge on any atom is 0.182 e. The van der Waals surface area contributed by atoms with E-state index in [1.54, 1.807) is 0 Å². The summed E-state index contributed by atoms with van der Waals surface area (Å²) >= 11 is 0. The van der Waals surface area contributed by atoms with Crippen molar-refractivity contribution in [1.29, 1.82) is 0 Å². The summed E-state index contributed by atoms with van der Waals surface area (Å²) in [4.78, 5) is 19.0. The molecule has 33 heavy (non-hydrogen) atoms. The average Bonchev–Trinajstić information content (AvgIpc) is 3.44. The van der Waals surface area contributed by atoms with Gasteiger partial charge in [-0.05, 0) is 52.4 Å². The minimum atomic E-state index is -1.46. The van der Waals surface area contributed by atoms with Gasteiger partial charge in [0.2, 0.25) is 0 Å². The Morgan fingerprint density at radius 3 is 2.42 bits per heavy atom. The van der Waals surface area contributed by atoms with Crippen LogP contribution in [-0.4, -0.2) is 48.7 Å². The number of aromatic nitrogens is 6. The molecule has 0 bridgehead atoms. The lowest BCUT2D eigenvalue weighted by atomic mass is 9.91. The van der Waals surface area contributed by atoms with Crippen LogP contribution in [0.4, 0.5) is 8.78 Å². The number of hydrogen-bond acceptors (Lipinski definition) is 6. The van der Waals surface area contributed by atoms with E-state index in [1.165, 1.54) is 12.8 Å². The monoisotopic (exact) mass is 454 g/mol. The molecular formula is C24H28F2N6O. The highest BCUT2D eigenvalue weighted by Crippen LogP contribution is 2.42. The topological polar surface area (TPSA) is 78.6 Å². The smallest absolute Gasteiger partial charge is 0.182 e. The minimum absolute atomic E-state index is 0.0678. The van der Waals surface area contributed by atoms with Crippen molar-refractivity contribution >= 4 is 11.2 Å². The van der Waals surface area contributed by atoms with E-state index in [9.17, 15) is 8.78 Å². The van der Waals surface area contributed by atoms with Crippen LogP contribution in [0, 0.1) is 13.8 Å². The highest BCUT2D eigenvalue weighted by Gasteiger charge is 2.38. The number of ether oxygens (including phenoxy) is 1. The molecule has 0 N–H and O–H groups in total. The minimum Gasteiger partial charge on any atom is -0.373 e. The fourth-order valence-electron chi connectivity index (χ4n) is 5.10. The Labute approximate surface area is 191 Å². The van der Waals surface area contributed by atoms with Crippen LogP contribution in [0.5, 0.6) is 0 Å². The molecule has 4 atom stereocenters. The molecule has 174 valence electrons. The lowest BCUT2D eigenvalue weighted by molar-refractivity contribution is 0.00391. The predicted octanol–water partition coefficient (Wildman–Crippen LogP) is 4.76. The Morgan fingerprint density at radius 2 is 1.67 bits per heavy atom. The molecule has 4 unspecified atom stereocenters. The van der Waals surface area contributed by atoms with Gasteiger partial charge in [-0.15, -0.1) is 0 Å². The second kappa shape index (κ2) is 8.04. The first kappa shape index (κ1) is 21.0. The molecule has 7 nitrogen and oxygen atoms in total. The fraction of sp³-hybridized carbons (Fsp3) is 0.625. The lowest BCUT2D eigenvalue weighted by Gasteiger charge is -2.28. The van der Waals surface area contributed by atoms with Gasteiger partial charge in [-0.1, -0.05) is 0 Å². The molecule has 6 rings (SSSR count). The third-order valence-electron chi connectivity index (χ3n) is 7.35. The zero-order chi connectivity index (χ0) is 22.7. The van der Waals surface area contributed by atoms with Crippen LogP contribution in [0.1, 0.15) is 91.0 Å². The van der Waals surface area contributed by atoms with E-state index >= 15 is 0 Å². The number of hydrogen-bond donors (Lipinski definition) is 0. The molecule has 9 heteroatoms. The molecule has 1 saturated heterocycles. The van der Waals surface area contributed by atoms with Crippen LogP contribution < -0.4 is 0 Å². The highest BCUT2D eigenvalue weighted by molar-refractivity contribution is 5.73. The summed E-state index contributed by atoms with van der Waals surface area (Å²) in [5.41, 5.74) is 4.38. The van der Waals surface area contributed by atoms with Gasteiger partial charge in [0.15, 0.2) is 5.65 Å². The maximum atomic E-state index is 14.1. The lowest BCUT2D eigenvalue weighted by Crippen LogP contribution is -2.21. The molecule has 3 fully saturated rings. The SMILES string of the molecule is Cc1nc2nc(C3CCOC(c4cnn(C5CC5)c4)C3)nc(C3CC(F)C(F)C3)c2nc1C. The van der Waals surface area contributed by atoms with Gasteiger partial charge in [-0.3, -0.25) is 4.68 Å². The van der Waals surface area contributed by atoms with Crippen molar-refractivity contribution in [1.82, 2.24) is 29.7 Å². The van der Waals surface area contributed by atoms with E-state index in [0.717, 1.165) is 29.8 Å². The van der Waals surface area contributed by atoms with Gasteiger partial charge >= 0.3 is 0 Å². The first-order valence-corrected chi connectivity index (χ1v) is 11.9. The quantitative estimate of drug-likeness (QED) is 0.566. The van der Waals surface area contributed by atoms with E-state index in [-0.39, 0.29) is 30.8 Å². The standard InChI is InChI=1S/C24H28F2N6O/c1-12-13(2)29-24-22(28-12)21(15-7-18(25)19(26)8-15)30-23(31-24)14-5-6-33-20(9-14)16-10-27-32(11-16)17-3-4-17/h10-11,14-15,17-20H,3-9H2,1-2H3. The van der Waals surface area contributed by atoms with Crippen molar-refractivity contribution in [3.63, 3.8) is 0 Å². The van der Waals surface area contributed by atoms with Crippen LogP contribution >= 0.6 is 0 Å². The molecule has 4 heterocycles. The van der Waals surface area contributed by atoms with Gasteiger partial charge in [-0.25, -0.2) is 28.7 Å². The van der Waals surface area contributed by atoms with Gasteiger partial charge in [0, 0.05) is 30.2 Å². The third-order valence-corrected chi connectivity index (χ3v) is 7.35. The van der Waals surface area contributed by atoms with E-state index in [4.69, 9.17) is 14.7 Å². The fourth-order valence-corrected chi connectivity index (χ4v) is 5.10. The highest BCUT2D eigenvalue weighted by atomic mass is 19.2. The van der Waals surface area contributed by atoms with Crippen molar-refractivity contribution in [2.45, 2.75) is 88.7 Å². The molecule has 3 aromatic heterocycles. The van der Waals surface area contributed by atoms with Gasteiger partial charge in [0.1, 0.15) is 23.7 Å². The van der Waals surface area contributed by atoms with Crippen molar-refractivity contribution < 1.29 is 13.5 Å². The van der Waals surface area contributed by atoms with E-state index in [1.807, 2.05) is 24.7 Å². The number of rotatable bonds is 4. The van der Waals surface area contributed by atoms with E-state index in [0.29, 0.717) is 35.3 Å². The summed E-state index contributed by atoms with van der Waals surface area (Å²) in [6.07, 6.45) is 5.15. The molecule has 2 saturated carbocycles. The molecule has 0 amide bonds. The van der Waals surface area contributed by atoms with Crippen LogP contribution in [0.15, 0.2) is 12.4 Å². The molecule has 3 aromatic rings. The summed E-state index contributed by atoms with van der Waals surface area (Å²) in [5, 5.41) is 4.51. The Kier molecular flexibility index (Phi) is 5.12. The molecule has 0 radical (unpaired) electrons. The van der Waals surface area contributed by atoms with E-state index < -0.39 is 12.3 Å². The first-order valence-electron chi connectivity index (χ1n) is 11.9. The van der Waals surface area contributed by atoms with Crippen molar-refractivity contribution in [3.8, 4) is 0 Å². The summed E-state index contributed by atoms with van der Waals surface area (Å²) in [6.45, 7) is 4.38. The van der Waals surface area contributed by atoms with Crippen molar-refractivity contribution in [2.24, 2.45) is 0 Å². The normalized spacial score (nSPS) is 30.2. The second-order valence-electron chi connectivity index (χ2n) is 9.80. The molecule has 3 aliphatic rings.